The molecule has 2 rings (SSSR count). The summed E-state index contributed by atoms with van der Waals surface area (Å²) in [5.41, 5.74) is 0.405. The molecule has 0 spiro atoms. The Hall–Kier alpha value is -2.70. The number of hydrogen-bond acceptors (Lipinski definition) is 5. The molecule has 0 aromatic rings. The van der Waals surface area contributed by atoms with Gasteiger partial charge in [0.2, 0.25) is 0 Å². The Labute approximate surface area is 203 Å². The number of cyclic esters (lactones) is 1. The van der Waals surface area contributed by atoms with Gasteiger partial charge in [-0.3, -0.25) is 9.59 Å². The minimum Gasteiger partial charge on any atom is -0.481 e. The van der Waals surface area contributed by atoms with Crippen molar-refractivity contribution >= 4 is 11.9 Å². The van der Waals surface area contributed by atoms with E-state index in [0.29, 0.717) is 0 Å². The Bertz CT molecular complexity index is 948. The zero-order valence-corrected chi connectivity index (χ0v) is 21.2. The molecule has 2 aliphatic rings. The molecule has 7 unspecified atom stereocenters. The molecule has 0 amide bonds. The van der Waals surface area contributed by atoms with Crippen LogP contribution in [0.15, 0.2) is 71.9 Å². The van der Waals surface area contributed by atoms with Crippen LogP contribution in [-0.4, -0.2) is 46.1 Å². The fraction of sp³-hybridized carbons (Fsp3) is 0.500. The lowest BCUT2D eigenvalue weighted by atomic mass is 9.72. The van der Waals surface area contributed by atoms with Gasteiger partial charge < -0.3 is 19.7 Å². The molecule has 34 heavy (non-hydrogen) atoms. The average molecular weight is 471 g/mol. The predicted octanol–water partition coefficient (Wildman–Crippen LogP) is 4.93. The van der Waals surface area contributed by atoms with Gasteiger partial charge in [-0.1, -0.05) is 68.5 Å². The van der Waals surface area contributed by atoms with Crippen LogP contribution in [0.25, 0.3) is 0 Å². The number of carbonyl (C=O) groups excluding carboxylic acids is 1. The van der Waals surface area contributed by atoms with E-state index in [1.165, 1.54) is 0 Å². The van der Waals surface area contributed by atoms with Crippen LogP contribution in [0.1, 0.15) is 48.5 Å². The second-order valence-corrected chi connectivity index (χ2v) is 9.77. The number of ether oxygens (including phenoxy) is 2. The number of hydrogen-bond donors (Lipinski definition) is 2. The maximum absolute atomic E-state index is 12.1. The summed E-state index contributed by atoms with van der Waals surface area (Å²) in [6.45, 7) is 12.8. The third-order valence-electron chi connectivity index (χ3n) is 6.98. The fourth-order valence-electron chi connectivity index (χ4n) is 4.31. The molecule has 0 aromatic heterocycles. The van der Waals surface area contributed by atoms with Gasteiger partial charge in [0.05, 0.1) is 24.0 Å². The maximum Gasteiger partial charge on any atom is 0.310 e. The molecule has 2 N–H and O–H groups in total. The monoisotopic (exact) mass is 470 g/mol. The molecular weight excluding hydrogens is 432 g/mol. The van der Waals surface area contributed by atoms with E-state index in [-0.39, 0.29) is 18.2 Å². The van der Waals surface area contributed by atoms with Crippen LogP contribution < -0.4 is 0 Å². The summed E-state index contributed by atoms with van der Waals surface area (Å²) in [7, 11) is 0. The minimum atomic E-state index is -0.983. The summed E-state index contributed by atoms with van der Waals surface area (Å²) < 4.78 is 11.4. The van der Waals surface area contributed by atoms with E-state index in [9.17, 15) is 19.8 Å². The third-order valence-corrected chi connectivity index (χ3v) is 6.98. The molecule has 0 saturated carbocycles. The van der Waals surface area contributed by atoms with Gasteiger partial charge >= 0.3 is 11.9 Å². The van der Waals surface area contributed by atoms with Gasteiger partial charge in [0.25, 0.3) is 0 Å². The van der Waals surface area contributed by atoms with Crippen molar-refractivity contribution in [2.75, 3.05) is 0 Å². The molecule has 2 aliphatic heterocycles. The first-order chi connectivity index (χ1) is 15.8. The molecule has 0 radical (unpaired) electrons. The first-order valence-electron chi connectivity index (χ1n) is 11.7. The Kier molecular flexibility index (Phi) is 9.03. The summed E-state index contributed by atoms with van der Waals surface area (Å²) in [5, 5.41) is 19.7. The van der Waals surface area contributed by atoms with Crippen LogP contribution in [0.4, 0.5) is 0 Å². The Morgan fingerprint density at radius 2 is 1.65 bits per heavy atom. The van der Waals surface area contributed by atoms with Crippen LogP contribution in [-0.2, 0) is 19.1 Å². The van der Waals surface area contributed by atoms with Crippen molar-refractivity contribution in [1.29, 1.82) is 0 Å². The molecule has 0 aliphatic carbocycles. The van der Waals surface area contributed by atoms with Gasteiger partial charge in [-0.25, -0.2) is 0 Å². The molecule has 6 heteroatoms. The van der Waals surface area contributed by atoms with E-state index in [1.54, 1.807) is 20.8 Å². The minimum absolute atomic E-state index is 0.142. The van der Waals surface area contributed by atoms with Gasteiger partial charge in [0.1, 0.15) is 11.7 Å². The van der Waals surface area contributed by atoms with E-state index in [1.807, 2.05) is 88.5 Å². The molecule has 0 bridgehead atoms. The maximum atomic E-state index is 12.1. The SMILES string of the molecule is CC(=CC=CC=CC=CC=CC1(C)C(C)C(=O)OC1C(C)C(=O)O)C1OC(C)C(C)(O)C=C1C. The van der Waals surface area contributed by atoms with Crippen LogP contribution in [0, 0.1) is 17.3 Å². The number of aliphatic carboxylic acids is 1. The molecule has 1 saturated heterocycles. The van der Waals surface area contributed by atoms with Crippen molar-refractivity contribution in [3.8, 4) is 0 Å². The van der Waals surface area contributed by atoms with E-state index >= 15 is 0 Å². The normalized spacial score (nSPS) is 36.1. The van der Waals surface area contributed by atoms with Crippen molar-refractivity contribution < 1.29 is 29.3 Å². The standard InChI is InChI=1S/C28H38O6/c1-18(23-19(2)17-28(7,32)22(5)33-23)15-13-11-9-8-10-12-14-16-27(6)21(4)26(31)34-24(27)20(3)25(29)30/h8-17,20-24,32H,1-7H3,(H,29,30). The van der Waals surface area contributed by atoms with E-state index in [0.717, 1.165) is 11.1 Å². The third kappa shape index (κ3) is 6.24. The van der Waals surface area contributed by atoms with Gasteiger partial charge in [0, 0.05) is 5.41 Å². The largest absolute Gasteiger partial charge is 0.481 e. The topological polar surface area (TPSA) is 93.1 Å². The fourth-order valence-corrected chi connectivity index (χ4v) is 4.31. The lowest BCUT2D eigenvalue weighted by Gasteiger charge is -2.37. The van der Waals surface area contributed by atoms with Crippen molar-refractivity contribution in [2.45, 2.75) is 72.4 Å². The van der Waals surface area contributed by atoms with E-state index < -0.39 is 34.9 Å². The van der Waals surface area contributed by atoms with E-state index in [2.05, 4.69) is 0 Å². The molecule has 186 valence electrons. The first-order valence-corrected chi connectivity index (χ1v) is 11.7. The van der Waals surface area contributed by atoms with Crippen LogP contribution in [0.2, 0.25) is 0 Å². The molecule has 0 aromatic carbocycles. The Morgan fingerprint density at radius 1 is 1.09 bits per heavy atom. The summed E-state index contributed by atoms with van der Waals surface area (Å²) in [4.78, 5) is 23.5. The number of rotatable bonds is 8. The number of carbonyl (C=O) groups is 2. The van der Waals surface area contributed by atoms with Gasteiger partial charge in [-0.05, 0) is 51.8 Å². The van der Waals surface area contributed by atoms with Crippen molar-refractivity contribution in [2.24, 2.45) is 17.3 Å². The smallest absolute Gasteiger partial charge is 0.310 e. The summed E-state index contributed by atoms with van der Waals surface area (Å²) in [5.74, 6) is -2.56. The predicted molar refractivity (Wildman–Crippen MR) is 133 cm³/mol. The quantitative estimate of drug-likeness (QED) is 0.297. The van der Waals surface area contributed by atoms with Crippen LogP contribution in [0.5, 0.6) is 0 Å². The number of allylic oxidation sites excluding steroid dienone is 8. The van der Waals surface area contributed by atoms with Crippen molar-refractivity contribution in [1.82, 2.24) is 0 Å². The second kappa shape index (κ2) is 11.2. The first kappa shape index (κ1) is 27.5. The number of carboxylic acid groups (broad SMARTS) is 1. The zero-order chi connectivity index (χ0) is 25.7. The second-order valence-electron chi connectivity index (χ2n) is 9.77. The lowest BCUT2D eigenvalue weighted by Crippen LogP contribution is -2.44. The van der Waals surface area contributed by atoms with Gasteiger partial charge in [-0.15, -0.1) is 0 Å². The Morgan fingerprint density at radius 3 is 2.24 bits per heavy atom. The molecule has 6 nitrogen and oxygen atoms in total. The molecule has 7 atom stereocenters. The molecular formula is C28H38O6. The highest BCUT2D eigenvalue weighted by atomic mass is 16.6. The van der Waals surface area contributed by atoms with Gasteiger partial charge in [0.15, 0.2) is 0 Å². The lowest BCUT2D eigenvalue weighted by molar-refractivity contribution is -0.153. The summed E-state index contributed by atoms with van der Waals surface area (Å²) >= 11 is 0. The van der Waals surface area contributed by atoms with Crippen LogP contribution in [0.3, 0.4) is 0 Å². The van der Waals surface area contributed by atoms with Crippen LogP contribution >= 0.6 is 0 Å². The number of esters is 1. The molecule has 1 fully saturated rings. The highest BCUT2D eigenvalue weighted by Gasteiger charge is 2.53. The summed E-state index contributed by atoms with van der Waals surface area (Å²) in [6, 6.07) is 0. The Balaban J connectivity index is 1.95. The zero-order valence-electron chi connectivity index (χ0n) is 21.2. The van der Waals surface area contributed by atoms with Crippen molar-refractivity contribution in [3.05, 3.63) is 71.9 Å². The average Bonchev–Trinajstić information content (AvgIpc) is 2.98. The number of carboxylic acids is 1. The highest BCUT2D eigenvalue weighted by Crippen LogP contribution is 2.44. The number of aliphatic hydroxyl groups is 1. The van der Waals surface area contributed by atoms with E-state index in [4.69, 9.17) is 9.47 Å². The highest BCUT2D eigenvalue weighted by molar-refractivity contribution is 5.79. The summed E-state index contributed by atoms with van der Waals surface area (Å²) in [6.07, 6.45) is 17.7. The molecule has 2 heterocycles. The van der Waals surface area contributed by atoms with Crippen molar-refractivity contribution in [3.63, 3.8) is 0 Å². The van der Waals surface area contributed by atoms with Gasteiger partial charge in [-0.2, -0.15) is 0 Å².